The molecule has 7 nitrogen and oxygen atoms in total. The molecule has 0 aliphatic carbocycles. The molecule has 0 spiro atoms. The van der Waals surface area contributed by atoms with E-state index in [1.807, 2.05) is 72.8 Å². The Kier molecular flexibility index (Phi) is 7.26. The molecule has 2 aromatic carbocycles. The predicted octanol–water partition coefficient (Wildman–Crippen LogP) is 4.76. The molecule has 40 heavy (non-hydrogen) atoms. The van der Waals surface area contributed by atoms with Gasteiger partial charge in [0.1, 0.15) is 5.76 Å². The summed E-state index contributed by atoms with van der Waals surface area (Å²) in [6.45, 7) is 6.20. The Hall–Kier alpha value is -4.17. The van der Waals surface area contributed by atoms with Gasteiger partial charge in [-0.05, 0) is 37.3 Å². The molecule has 0 bridgehead atoms. The lowest BCUT2D eigenvalue weighted by molar-refractivity contribution is -0.138. The highest BCUT2D eigenvalue weighted by atomic mass is 32.1. The van der Waals surface area contributed by atoms with Crippen molar-refractivity contribution in [3.63, 3.8) is 0 Å². The van der Waals surface area contributed by atoms with E-state index in [2.05, 4.69) is 11.8 Å². The summed E-state index contributed by atoms with van der Waals surface area (Å²) in [4.78, 5) is 35.1. The summed E-state index contributed by atoms with van der Waals surface area (Å²) in [6, 6.07) is 22.3. The molecule has 2 aliphatic heterocycles. The van der Waals surface area contributed by atoms with Crippen LogP contribution in [0.5, 0.6) is 0 Å². The van der Waals surface area contributed by atoms with Crippen molar-refractivity contribution >= 4 is 35.0 Å². The molecule has 0 N–H and O–H groups in total. The van der Waals surface area contributed by atoms with Gasteiger partial charge in [0.2, 0.25) is 0 Å². The van der Waals surface area contributed by atoms with Gasteiger partial charge in [-0.2, -0.15) is 0 Å². The molecule has 2 aliphatic rings. The number of nitrogens with zero attached hydrogens (tertiary/aromatic N) is 3. The Bertz CT molecular complexity index is 1730. The molecule has 1 saturated heterocycles. The zero-order chi connectivity index (χ0) is 27.6. The molecule has 1 atom stereocenters. The summed E-state index contributed by atoms with van der Waals surface area (Å²) in [5.74, 6) is 1.68. The minimum Gasteiger partial charge on any atom is -0.463 e. The van der Waals surface area contributed by atoms with E-state index >= 15 is 0 Å². The average Bonchev–Trinajstić information content (AvgIpc) is 3.58. The Balaban J connectivity index is 1.50. The number of hydrogen-bond donors (Lipinski definition) is 0. The molecule has 204 valence electrons. The standard InChI is InChI=1S/C32H31N3O4S/c1-3-38-31(37)27-28(22-10-6-4-7-11-22)33-32-35(29(27)23-12-8-5-9-13-23)30(36)25(40-32)20-24-14-15-26(39-24)34-18-16-21(2)17-19-34/h4-15,20-21,29H,3,16-19H2,1-2H3/b25-20+/t29-/m1/s1. The number of fused-ring (bicyclic) bond motifs is 1. The third kappa shape index (κ3) is 4.95. The van der Waals surface area contributed by atoms with Crippen LogP contribution in [0.3, 0.4) is 0 Å². The second kappa shape index (κ2) is 11.1. The monoisotopic (exact) mass is 553 g/mol. The van der Waals surface area contributed by atoms with Crippen LogP contribution in [0.15, 0.2) is 92.6 Å². The summed E-state index contributed by atoms with van der Waals surface area (Å²) in [5.41, 5.74) is 2.23. The van der Waals surface area contributed by atoms with Gasteiger partial charge < -0.3 is 14.1 Å². The minimum atomic E-state index is -0.684. The molecular weight excluding hydrogens is 522 g/mol. The first-order chi connectivity index (χ1) is 19.5. The van der Waals surface area contributed by atoms with Gasteiger partial charge in [0.15, 0.2) is 10.7 Å². The summed E-state index contributed by atoms with van der Waals surface area (Å²) >= 11 is 1.29. The van der Waals surface area contributed by atoms with Crippen molar-refractivity contribution in [3.8, 4) is 0 Å². The second-order valence-electron chi connectivity index (χ2n) is 10.2. The van der Waals surface area contributed by atoms with Crippen molar-refractivity contribution < 1.29 is 13.9 Å². The molecule has 2 aromatic heterocycles. The number of piperidine rings is 1. The van der Waals surface area contributed by atoms with Crippen LogP contribution < -0.4 is 19.8 Å². The summed E-state index contributed by atoms with van der Waals surface area (Å²) in [5, 5.41) is 0. The lowest BCUT2D eigenvalue weighted by Crippen LogP contribution is -2.39. The van der Waals surface area contributed by atoms with Crippen LogP contribution in [-0.2, 0) is 9.53 Å². The molecule has 0 radical (unpaired) electrons. The zero-order valence-electron chi connectivity index (χ0n) is 22.6. The number of carbonyl (C=O) groups excluding carboxylic acids is 1. The highest BCUT2D eigenvalue weighted by Gasteiger charge is 2.35. The average molecular weight is 554 g/mol. The Morgan fingerprint density at radius 3 is 2.45 bits per heavy atom. The molecule has 0 unspecified atom stereocenters. The highest BCUT2D eigenvalue weighted by molar-refractivity contribution is 7.07. The van der Waals surface area contributed by atoms with Crippen molar-refractivity contribution in [2.45, 2.75) is 32.7 Å². The van der Waals surface area contributed by atoms with E-state index < -0.39 is 12.0 Å². The smallest absolute Gasteiger partial charge is 0.338 e. The maximum atomic E-state index is 14.0. The molecule has 0 amide bonds. The van der Waals surface area contributed by atoms with Crippen LogP contribution in [0.1, 0.15) is 49.6 Å². The van der Waals surface area contributed by atoms with E-state index in [0.717, 1.165) is 48.9 Å². The fourth-order valence-electron chi connectivity index (χ4n) is 5.34. The van der Waals surface area contributed by atoms with E-state index in [4.69, 9.17) is 14.1 Å². The Morgan fingerprint density at radius 2 is 1.75 bits per heavy atom. The maximum Gasteiger partial charge on any atom is 0.338 e. The van der Waals surface area contributed by atoms with E-state index in [-0.39, 0.29) is 12.2 Å². The van der Waals surface area contributed by atoms with Gasteiger partial charge in [-0.1, -0.05) is 78.9 Å². The molecule has 1 fully saturated rings. The normalized spacial score (nSPS) is 18.0. The number of anilines is 1. The third-order valence-electron chi connectivity index (χ3n) is 7.47. The van der Waals surface area contributed by atoms with E-state index in [9.17, 15) is 9.59 Å². The van der Waals surface area contributed by atoms with Gasteiger partial charge in [-0.25, -0.2) is 9.79 Å². The molecule has 8 heteroatoms. The summed E-state index contributed by atoms with van der Waals surface area (Å²) in [6.07, 6.45) is 4.06. The van der Waals surface area contributed by atoms with Gasteiger partial charge in [-0.3, -0.25) is 9.36 Å². The van der Waals surface area contributed by atoms with Crippen LogP contribution >= 0.6 is 11.3 Å². The number of rotatable bonds is 6. The fourth-order valence-corrected chi connectivity index (χ4v) is 6.32. The van der Waals surface area contributed by atoms with Crippen molar-refractivity contribution in [1.82, 2.24) is 4.57 Å². The minimum absolute atomic E-state index is 0.215. The van der Waals surface area contributed by atoms with Crippen molar-refractivity contribution in [1.29, 1.82) is 0 Å². The molecule has 4 aromatic rings. The predicted molar refractivity (Wildman–Crippen MR) is 157 cm³/mol. The fraction of sp³-hybridized carbons (Fsp3) is 0.281. The first kappa shape index (κ1) is 26.1. The summed E-state index contributed by atoms with van der Waals surface area (Å²) in [7, 11) is 0. The van der Waals surface area contributed by atoms with Gasteiger partial charge in [-0.15, -0.1) is 0 Å². The van der Waals surface area contributed by atoms with E-state index in [1.165, 1.54) is 11.3 Å². The quantitative estimate of drug-likeness (QED) is 0.322. The van der Waals surface area contributed by atoms with Crippen molar-refractivity contribution in [2.75, 3.05) is 24.6 Å². The van der Waals surface area contributed by atoms with Gasteiger partial charge in [0.05, 0.1) is 28.5 Å². The zero-order valence-corrected chi connectivity index (χ0v) is 23.4. The van der Waals surface area contributed by atoms with Gasteiger partial charge in [0, 0.05) is 30.8 Å². The Morgan fingerprint density at radius 1 is 1.05 bits per heavy atom. The number of furan rings is 1. The van der Waals surface area contributed by atoms with E-state index in [1.54, 1.807) is 17.6 Å². The lowest BCUT2D eigenvalue weighted by Gasteiger charge is -2.29. The van der Waals surface area contributed by atoms with Crippen molar-refractivity contribution in [3.05, 3.63) is 115 Å². The SMILES string of the molecule is CCOC(=O)C1=C(c2ccccc2)N=c2s/c(=C/c3ccc(N4CCC(C)CC4)o3)c(=O)n2[C@@H]1c1ccccc1. The number of benzene rings is 2. The maximum absolute atomic E-state index is 14.0. The van der Waals surface area contributed by atoms with Gasteiger partial charge >= 0.3 is 5.97 Å². The Labute approximate surface area is 236 Å². The number of esters is 1. The number of aromatic nitrogens is 1. The topological polar surface area (TPSA) is 77.0 Å². The first-order valence-corrected chi connectivity index (χ1v) is 14.5. The lowest BCUT2D eigenvalue weighted by atomic mass is 9.93. The molecule has 6 rings (SSSR count). The van der Waals surface area contributed by atoms with Crippen LogP contribution in [0.25, 0.3) is 11.8 Å². The van der Waals surface area contributed by atoms with Crippen LogP contribution in [0.4, 0.5) is 5.88 Å². The largest absolute Gasteiger partial charge is 0.463 e. The number of carbonyl (C=O) groups is 1. The molecule has 0 saturated carbocycles. The van der Waals surface area contributed by atoms with E-state index in [0.29, 0.717) is 26.4 Å². The first-order valence-electron chi connectivity index (χ1n) is 13.7. The van der Waals surface area contributed by atoms with Crippen molar-refractivity contribution in [2.24, 2.45) is 10.9 Å². The summed E-state index contributed by atoms with van der Waals surface area (Å²) < 4.78 is 13.8. The van der Waals surface area contributed by atoms with Crippen LogP contribution in [-0.4, -0.2) is 30.2 Å². The number of ether oxygens (including phenoxy) is 1. The highest BCUT2D eigenvalue weighted by Crippen LogP contribution is 2.35. The number of hydrogen-bond acceptors (Lipinski definition) is 7. The number of thiazole rings is 1. The molecule has 4 heterocycles. The third-order valence-corrected chi connectivity index (χ3v) is 8.45. The second-order valence-corrected chi connectivity index (χ2v) is 11.2. The van der Waals surface area contributed by atoms with Gasteiger partial charge in [0.25, 0.3) is 5.56 Å². The van der Waals surface area contributed by atoms with Crippen LogP contribution in [0, 0.1) is 5.92 Å². The molecular formula is C32H31N3O4S. The van der Waals surface area contributed by atoms with Crippen LogP contribution in [0.2, 0.25) is 0 Å².